The molecule has 2 unspecified atom stereocenters. The lowest BCUT2D eigenvalue weighted by Crippen LogP contribution is -2.49. The van der Waals surface area contributed by atoms with E-state index in [-0.39, 0.29) is 11.4 Å². The van der Waals surface area contributed by atoms with Gasteiger partial charge in [-0.3, -0.25) is 4.79 Å². The minimum absolute atomic E-state index is 0.128. The standard InChI is InChI=1S/C26H31N3O/c1-2-29(25(30)24-17-19-9-6-7-14-23(19)27-24)22-13-8-12-21(18-22)28-26(15-16-26)20-10-4-3-5-11-20/h3-7,9-11,14,17,21-22,27-28H,2,8,12-13,15-16,18H2,1H3. The number of carbonyl (C=O) groups is 1. The van der Waals surface area contributed by atoms with Crippen molar-refractivity contribution in [2.24, 2.45) is 0 Å². The lowest BCUT2D eigenvalue weighted by Gasteiger charge is -2.38. The largest absolute Gasteiger partial charge is 0.351 e. The summed E-state index contributed by atoms with van der Waals surface area (Å²) in [6.07, 6.45) is 6.92. The highest BCUT2D eigenvalue weighted by Gasteiger charge is 2.46. The highest BCUT2D eigenvalue weighted by molar-refractivity contribution is 5.98. The average Bonchev–Trinajstić information content (AvgIpc) is 3.43. The summed E-state index contributed by atoms with van der Waals surface area (Å²) < 4.78 is 0. The van der Waals surface area contributed by atoms with Gasteiger partial charge >= 0.3 is 0 Å². The van der Waals surface area contributed by atoms with E-state index in [9.17, 15) is 4.79 Å². The lowest BCUT2D eigenvalue weighted by atomic mass is 9.88. The number of nitrogens with zero attached hydrogens (tertiary/aromatic N) is 1. The zero-order valence-corrected chi connectivity index (χ0v) is 17.7. The van der Waals surface area contributed by atoms with E-state index in [0.29, 0.717) is 17.8 Å². The summed E-state index contributed by atoms with van der Waals surface area (Å²) in [5.74, 6) is 0.128. The molecule has 30 heavy (non-hydrogen) atoms. The van der Waals surface area contributed by atoms with Crippen LogP contribution in [-0.4, -0.2) is 34.4 Å². The molecule has 2 N–H and O–H groups in total. The number of aromatic amines is 1. The molecule has 1 amide bonds. The van der Waals surface area contributed by atoms with Crippen LogP contribution in [0.5, 0.6) is 0 Å². The molecule has 4 heteroatoms. The van der Waals surface area contributed by atoms with Gasteiger partial charge in [-0.05, 0) is 63.1 Å². The highest BCUT2D eigenvalue weighted by atomic mass is 16.2. The molecular formula is C26H31N3O. The molecule has 2 aliphatic carbocycles. The first-order chi connectivity index (χ1) is 14.7. The quantitative estimate of drug-likeness (QED) is 0.595. The molecule has 0 aliphatic heterocycles. The van der Waals surface area contributed by atoms with E-state index in [4.69, 9.17) is 0 Å². The van der Waals surface area contributed by atoms with Crippen LogP contribution in [0.15, 0.2) is 60.7 Å². The van der Waals surface area contributed by atoms with E-state index in [1.54, 1.807) is 0 Å². The summed E-state index contributed by atoms with van der Waals surface area (Å²) in [5.41, 5.74) is 3.30. The van der Waals surface area contributed by atoms with Gasteiger partial charge in [0.15, 0.2) is 0 Å². The Morgan fingerprint density at radius 3 is 2.60 bits per heavy atom. The fourth-order valence-electron chi connectivity index (χ4n) is 5.28. The molecule has 5 rings (SSSR count). The van der Waals surface area contributed by atoms with Crippen LogP contribution >= 0.6 is 0 Å². The van der Waals surface area contributed by atoms with Crippen LogP contribution in [-0.2, 0) is 5.54 Å². The number of fused-ring (bicyclic) bond motifs is 1. The second-order valence-corrected chi connectivity index (χ2v) is 8.97. The summed E-state index contributed by atoms with van der Waals surface area (Å²) in [7, 11) is 0. The molecule has 0 radical (unpaired) electrons. The van der Waals surface area contributed by atoms with Crippen molar-refractivity contribution in [1.29, 1.82) is 0 Å². The molecule has 0 saturated heterocycles. The van der Waals surface area contributed by atoms with Crippen molar-refractivity contribution in [3.05, 3.63) is 71.9 Å². The fourth-order valence-corrected chi connectivity index (χ4v) is 5.28. The maximum Gasteiger partial charge on any atom is 0.270 e. The molecule has 156 valence electrons. The number of carbonyl (C=O) groups excluding carboxylic acids is 1. The minimum Gasteiger partial charge on any atom is -0.351 e. The van der Waals surface area contributed by atoms with Gasteiger partial charge in [-0.1, -0.05) is 48.5 Å². The Bertz CT molecular complexity index is 988. The smallest absolute Gasteiger partial charge is 0.270 e. The Balaban J connectivity index is 1.30. The molecule has 4 nitrogen and oxygen atoms in total. The van der Waals surface area contributed by atoms with Gasteiger partial charge in [0, 0.05) is 35.1 Å². The predicted octanol–water partition coefficient (Wildman–Crippen LogP) is 5.22. The number of H-pyrrole nitrogens is 1. The topological polar surface area (TPSA) is 48.1 Å². The minimum atomic E-state index is 0.128. The van der Waals surface area contributed by atoms with Gasteiger partial charge in [0.1, 0.15) is 5.69 Å². The number of hydrogen-bond donors (Lipinski definition) is 2. The van der Waals surface area contributed by atoms with E-state index in [1.807, 2.05) is 24.3 Å². The van der Waals surface area contributed by atoms with Gasteiger partial charge in [-0.2, -0.15) is 0 Å². The molecule has 3 aromatic rings. The van der Waals surface area contributed by atoms with Crippen molar-refractivity contribution in [3.63, 3.8) is 0 Å². The highest BCUT2D eigenvalue weighted by Crippen LogP contribution is 2.46. The second-order valence-electron chi connectivity index (χ2n) is 8.97. The van der Waals surface area contributed by atoms with Crippen molar-refractivity contribution in [3.8, 4) is 0 Å². The molecule has 1 aromatic heterocycles. The van der Waals surface area contributed by atoms with E-state index in [0.717, 1.165) is 30.3 Å². The lowest BCUT2D eigenvalue weighted by molar-refractivity contribution is 0.0618. The summed E-state index contributed by atoms with van der Waals surface area (Å²) in [6.45, 7) is 2.85. The van der Waals surface area contributed by atoms with Gasteiger partial charge in [0.05, 0.1) is 0 Å². The van der Waals surface area contributed by atoms with Gasteiger partial charge in [-0.25, -0.2) is 0 Å². The summed E-state index contributed by atoms with van der Waals surface area (Å²) in [5, 5.41) is 5.08. The van der Waals surface area contributed by atoms with E-state index >= 15 is 0 Å². The molecule has 0 bridgehead atoms. The molecule has 2 atom stereocenters. The van der Waals surface area contributed by atoms with Crippen molar-refractivity contribution < 1.29 is 4.79 Å². The van der Waals surface area contributed by atoms with Gasteiger partial charge in [-0.15, -0.1) is 0 Å². The third kappa shape index (κ3) is 3.65. The number of aromatic nitrogens is 1. The van der Waals surface area contributed by atoms with Gasteiger partial charge in [0.25, 0.3) is 5.91 Å². The first-order valence-electron chi connectivity index (χ1n) is 11.4. The first kappa shape index (κ1) is 19.4. The van der Waals surface area contributed by atoms with E-state index in [1.165, 1.54) is 31.2 Å². The molecule has 0 spiro atoms. The monoisotopic (exact) mass is 401 g/mol. The number of hydrogen-bond acceptors (Lipinski definition) is 2. The number of benzene rings is 2. The number of nitrogens with one attached hydrogen (secondary N) is 2. The zero-order valence-electron chi connectivity index (χ0n) is 17.7. The van der Waals surface area contributed by atoms with Gasteiger partial charge < -0.3 is 15.2 Å². The summed E-state index contributed by atoms with van der Waals surface area (Å²) >= 11 is 0. The Morgan fingerprint density at radius 2 is 1.87 bits per heavy atom. The predicted molar refractivity (Wildman–Crippen MR) is 122 cm³/mol. The molecule has 2 saturated carbocycles. The summed E-state index contributed by atoms with van der Waals surface area (Å²) in [6, 6.07) is 21.7. The normalized spacial score (nSPS) is 22.7. The van der Waals surface area contributed by atoms with Crippen LogP contribution in [0.2, 0.25) is 0 Å². The van der Waals surface area contributed by atoms with Crippen LogP contribution < -0.4 is 5.32 Å². The maximum atomic E-state index is 13.3. The van der Waals surface area contributed by atoms with Crippen LogP contribution in [0.25, 0.3) is 10.9 Å². The Kier molecular flexibility index (Phi) is 5.11. The fraction of sp³-hybridized carbons (Fsp3) is 0.423. The Labute approximate surface area is 178 Å². The van der Waals surface area contributed by atoms with E-state index in [2.05, 4.69) is 58.5 Å². The van der Waals surface area contributed by atoms with Crippen molar-refractivity contribution in [1.82, 2.24) is 15.2 Å². The zero-order chi connectivity index (χ0) is 20.6. The third-order valence-electron chi connectivity index (χ3n) is 7.01. The number of para-hydroxylation sites is 1. The SMILES string of the molecule is CCN(C(=O)c1cc2ccccc2[nH]1)C1CCCC(NC2(c3ccccc3)CC2)C1. The van der Waals surface area contributed by atoms with Crippen molar-refractivity contribution >= 4 is 16.8 Å². The Hall–Kier alpha value is -2.59. The molecule has 2 aliphatic rings. The van der Waals surface area contributed by atoms with Crippen LogP contribution in [0.3, 0.4) is 0 Å². The maximum absolute atomic E-state index is 13.3. The van der Waals surface area contributed by atoms with Crippen molar-refractivity contribution in [2.75, 3.05) is 6.54 Å². The molecular weight excluding hydrogens is 370 g/mol. The van der Waals surface area contributed by atoms with Crippen LogP contribution in [0.4, 0.5) is 0 Å². The third-order valence-corrected chi connectivity index (χ3v) is 7.01. The second kappa shape index (κ2) is 7.92. The van der Waals surface area contributed by atoms with Crippen molar-refractivity contribution in [2.45, 2.75) is 63.1 Å². The number of rotatable bonds is 6. The van der Waals surface area contributed by atoms with Crippen LogP contribution in [0, 0.1) is 0 Å². The van der Waals surface area contributed by atoms with E-state index < -0.39 is 0 Å². The molecule has 2 fully saturated rings. The number of amides is 1. The van der Waals surface area contributed by atoms with Crippen LogP contribution in [0.1, 0.15) is 61.5 Å². The van der Waals surface area contributed by atoms with Gasteiger partial charge in [0.2, 0.25) is 0 Å². The average molecular weight is 402 g/mol. The summed E-state index contributed by atoms with van der Waals surface area (Å²) in [4.78, 5) is 18.8. The molecule has 1 heterocycles. The first-order valence-corrected chi connectivity index (χ1v) is 11.4. The molecule has 2 aromatic carbocycles. The Morgan fingerprint density at radius 1 is 1.10 bits per heavy atom.